The Morgan fingerprint density at radius 3 is 2.30 bits per heavy atom. The number of fused-ring (bicyclic) bond motifs is 1. The second-order valence-corrected chi connectivity index (χ2v) is 7.76. The predicted octanol–water partition coefficient (Wildman–Crippen LogP) is 5.30. The molecule has 0 aliphatic heterocycles. The maximum atomic E-state index is 13.5. The maximum Gasteiger partial charge on any atom is 0.258 e. The molecule has 0 fully saturated rings. The molecule has 1 aromatic heterocycles. The summed E-state index contributed by atoms with van der Waals surface area (Å²) in [6.07, 6.45) is 0. The molecule has 0 aliphatic carbocycles. The van der Waals surface area contributed by atoms with Gasteiger partial charge in [-0.1, -0.05) is 47.5 Å². The molecular formula is C26H24N2O2. The van der Waals surface area contributed by atoms with Gasteiger partial charge in [0.05, 0.1) is 6.54 Å². The molecule has 0 bridgehead atoms. The van der Waals surface area contributed by atoms with Gasteiger partial charge in [-0.2, -0.15) is 0 Å². The summed E-state index contributed by atoms with van der Waals surface area (Å²) in [5, 5.41) is 0.955. The van der Waals surface area contributed by atoms with Gasteiger partial charge in [0.2, 0.25) is 0 Å². The molecule has 1 N–H and O–H groups in total. The number of benzene rings is 3. The van der Waals surface area contributed by atoms with Crippen molar-refractivity contribution in [2.45, 2.75) is 27.3 Å². The van der Waals surface area contributed by atoms with E-state index in [4.69, 9.17) is 0 Å². The Kier molecular flexibility index (Phi) is 5.23. The summed E-state index contributed by atoms with van der Waals surface area (Å²) in [7, 11) is 0. The fourth-order valence-electron chi connectivity index (χ4n) is 3.62. The first-order chi connectivity index (χ1) is 14.4. The van der Waals surface area contributed by atoms with Crippen LogP contribution in [-0.4, -0.2) is 10.9 Å². The molecule has 4 nitrogen and oxygen atoms in total. The first-order valence-electron chi connectivity index (χ1n) is 9.99. The SMILES string of the molecule is Cc1ccc(N(Cc2cc3cc(C)ccc3[nH]c2=O)C(=O)c2ccccc2C)cc1. The van der Waals surface area contributed by atoms with Crippen molar-refractivity contribution in [3.63, 3.8) is 0 Å². The van der Waals surface area contributed by atoms with Crippen molar-refractivity contribution in [2.24, 2.45) is 0 Å². The summed E-state index contributed by atoms with van der Waals surface area (Å²) in [5.74, 6) is -0.124. The van der Waals surface area contributed by atoms with E-state index >= 15 is 0 Å². The third-order valence-corrected chi connectivity index (χ3v) is 5.37. The van der Waals surface area contributed by atoms with E-state index in [1.54, 1.807) is 4.90 Å². The molecule has 0 radical (unpaired) electrons. The van der Waals surface area contributed by atoms with Gasteiger partial charge in [-0.05, 0) is 68.1 Å². The normalized spacial score (nSPS) is 10.9. The fraction of sp³-hybridized carbons (Fsp3) is 0.154. The first-order valence-corrected chi connectivity index (χ1v) is 9.99. The Morgan fingerprint density at radius 1 is 0.867 bits per heavy atom. The number of rotatable bonds is 4. The maximum absolute atomic E-state index is 13.5. The summed E-state index contributed by atoms with van der Waals surface area (Å²) in [6.45, 7) is 6.14. The van der Waals surface area contributed by atoms with Crippen molar-refractivity contribution in [1.82, 2.24) is 4.98 Å². The van der Waals surface area contributed by atoms with E-state index < -0.39 is 0 Å². The molecule has 0 unspecified atom stereocenters. The van der Waals surface area contributed by atoms with E-state index in [0.717, 1.165) is 33.3 Å². The topological polar surface area (TPSA) is 53.2 Å². The number of amides is 1. The van der Waals surface area contributed by atoms with E-state index in [1.807, 2.05) is 93.6 Å². The lowest BCUT2D eigenvalue weighted by Crippen LogP contribution is -2.33. The molecule has 4 heteroatoms. The molecule has 1 heterocycles. The highest BCUT2D eigenvalue weighted by Gasteiger charge is 2.21. The number of pyridine rings is 1. The van der Waals surface area contributed by atoms with Gasteiger partial charge in [0.25, 0.3) is 11.5 Å². The van der Waals surface area contributed by atoms with E-state index in [9.17, 15) is 9.59 Å². The Labute approximate surface area is 175 Å². The van der Waals surface area contributed by atoms with Crippen molar-refractivity contribution >= 4 is 22.5 Å². The standard InChI is InChI=1S/C26H24N2O2/c1-17-8-11-22(12-9-17)28(26(30)23-7-5-4-6-19(23)3)16-21-15-20-14-18(2)10-13-24(20)27-25(21)29/h4-15H,16H2,1-3H3,(H,27,29). The largest absolute Gasteiger partial charge is 0.322 e. The third-order valence-electron chi connectivity index (χ3n) is 5.37. The summed E-state index contributed by atoms with van der Waals surface area (Å²) in [5.41, 5.74) is 5.69. The van der Waals surface area contributed by atoms with Gasteiger partial charge >= 0.3 is 0 Å². The number of anilines is 1. The predicted molar refractivity (Wildman–Crippen MR) is 122 cm³/mol. The lowest BCUT2D eigenvalue weighted by molar-refractivity contribution is 0.0984. The fourth-order valence-corrected chi connectivity index (χ4v) is 3.62. The summed E-state index contributed by atoms with van der Waals surface area (Å²) >= 11 is 0. The van der Waals surface area contributed by atoms with Crippen LogP contribution in [0.4, 0.5) is 5.69 Å². The second kappa shape index (κ2) is 7.99. The zero-order valence-electron chi connectivity index (χ0n) is 17.4. The van der Waals surface area contributed by atoms with Crippen LogP contribution >= 0.6 is 0 Å². The summed E-state index contributed by atoms with van der Waals surface area (Å²) in [4.78, 5) is 30.9. The minimum absolute atomic E-state index is 0.124. The number of aryl methyl sites for hydroxylation is 3. The molecule has 0 saturated carbocycles. The van der Waals surface area contributed by atoms with Crippen molar-refractivity contribution in [3.05, 3.63) is 111 Å². The zero-order valence-corrected chi connectivity index (χ0v) is 17.4. The van der Waals surface area contributed by atoms with Gasteiger partial charge in [-0.3, -0.25) is 9.59 Å². The van der Waals surface area contributed by atoms with Crippen molar-refractivity contribution in [2.75, 3.05) is 4.90 Å². The number of hydrogen-bond donors (Lipinski definition) is 1. The molecular weight excluding hydrogens is 372 g/mol. The van der Waals surface area contributed by atoms with Gasteiger partial charge in [0.15, 0.2) is 0 Å². The van der Waals surface area contributed by atoms with E-state index in [1.165, 1.54) is 0 Å². The Balaban J connectivity index is 1.80. The van der Waals surface area contributed by atoms with Gasteiger partial charge in [-0.15, -0.1) is 0 Å². The molecule has 3 aromatic carbocycles. The summed E-state index contributed by atoms with van der Waals surface area (Å²) < 4.78 is 0. The Hall–Kier alpha value is -3.66. The van der Waals surface area contributed by atoms with Gasteiger partial charge in [-0.25, -0.2) is 0 Å². The minimum atomic E-state index is -0.180. The number of hydrogen-bond acceptors (Lipinski definition) is 2. The number of nitrogens with zero attached hydrogens (tertiary/aromatic N) is 1. The molecule has 4 aromatic rings. The number of carbonyl (C=O) groups is 1. The summed E-state index contributed by atoms with van der Waals surface area (Å²) in [6, 6.07) is 23.1. The first kappa shape index (κ1) is 19.6. The van der Waals surface area contributed by atoms with E-state index in [2.05, 4.69) is 4.98 Å². The third kappa shape index (κ3) is 3.90. The van der Waals surface area contributed by atoms with Crippen LogP contribution in [0.2, 0.25) is 0 Å². The van der Waals surface area contributed by atoms with E-state index in [0.29, 0.717) is 11.1 Å². The molecule has 150 valence electrons. The Morgan fingerprint density at radius 2 is 1.57 bits per heavy atom. The highest BCUT2D eigenvalue weighted by Crippen LogP contribution is 2.23. The van der Waals surface area contributed by atoms with Crippen molar-refractivity contribution in [3.8, 4) is 0 Å². The second-order valence-electron chi connectivity index (χ2n) is 7.76. The monoisotopic (exact) mass is 396 g/mol. The van der Waals surface area contributed by atoms with Crippen molar-refractivity contribution < 1.29 is 4.79 Å². The lowest BCUT2D eigenvalue weighted by Gasteiger charge is -2.24. The van der Waals surface area contributed by atoms with Crippen molar-refractivity contribution in [1.29, 1.82) is 0 Å². The molecule has 0 aliphatic rings. The molecule has 0 spiro atoms. The number of H-pyrrole nitrogens is 1. The molecule has 0 atom stereocenters. The average molecular weight is 396 g/mol. The zero-order chi connectivity index (χ0) is 21.3. The smallest absolute Gasteiger partial charge is 0.258 e. The van der Waals surface area contributed by atoms with Crippen LogP contribution in [0.15, 0.2) is 77.6 Å². The number of nitrogens with one attached hydrogen (secondary N) is 1. The van der Waals surface area contributed by atoms with Crippen LogP contribution in [0.5, 0.6) is 0 Å². The molecule has 4 rings (SSSR count). The van der Waals surface area contributed by atoms with Gasteiger partial charge in [0, 0.05) is 22.3 Å². The van der Waals surface area contributed by atoms with Crippen LogP contribution in [0.3, 0.4) is 0 Å². The number of carbonyl (C=O) groups excluding carboxylic acids is 1. The average Bonchev–Trinajstić information content (AvgIpc) is 2.73. The lowest BCUT2D eigenvalue weighted by atomic mass is 10.1. The van der Waals surface area contributed by atoms with Crippen LogP contribution in [0.1, 0.15) is 32.6 Å². The highest BCUT2D eigenvalue weighted by molar-refractivity contribution is 6.07. The van der Waals surface area contributed by atoms with Crippen LogP contribution < -0.4 is 10.5 Å². The quantitative estimate of drug-likeness (QED) is 0.509. The van der Waals surface area contributed by atoms with Gasteiger partial charge < -0.3 is 9.88 Å². The number of aromatic amines is 1. The van der Waals surface area contributed by atoms with Crippen LogP contribution in [0.25, 0.3) is 10.9 Å². The van der Waals surface area contributed by atoms with Crippen LogP contribution in [-0.2, 0) is 6.54 Å². The number of aromatic nitrogens is 1. The molecule has 30 heavy (non-hydrogen) atoms. The molecule has 1 amide bonds. The van der Waals surface area contributed by atoms with Gasteiger partial charge in [0.1, 0.15) is 0 Å². The minimum Gasteiger partial charge on any atom is -0.322 e. The Bertz CT molecular complexity index is 1290. The highest BCUT2D eigenvalue weighted by atomic mass is 16.2. The van der Waals surface area contributed by atoms with E-state index in [-0.39, 0.29) is 18.0 Å². The van der Waals surface area contributed by atoms with Crippen LogP contribution in [0, 0.1) is 20.8 Å². The molecule has 0 saturated heterocycles.